The molecule has 0 unspecified atom stereocenters. The number of aromatic nitrogens is 3. The van der Waals surface area contributed by atoms with Crippen LogP contribution in [0.15, 0.2) is 36.9 Å². The van der Waals surface area contributed by atoms with Gasteiger partial charge in [-0.3, -0.25) is 14.4 Å². The number of anilines is 3. The van der Waals surface area contributed by atoms with Crippen molar-refractivity contribution in [3.05, 3.63) is 48.2 Å². The summed E-state index contributed by atoms with van der Waals surface area (Å²) in [5.41, 5.74) is 6.53. The summed E-state index contributed by atoms with van der Waals surface area (Å²) in [7, 11) is 1.81. The van der Waals surface area contributed by atoms with Crippen LogP contribution in [-0.4, -0.2) is 95.2 Å². The fourth-order valence-corrected chi connectivity index (χ4v) is 4.05. The molecule has 0 aliphatic carbocycles. The summed E-state index contributed by atoms with van der Waals surface area (Å²) >= 11 is 0. The molecule has 2 fully saturated rings. The van der Waals surface area contributed by atoms with Crippen molar-refractivity contribution in [1.29, 1.82) is 0 Å². The number of amides is 3. The molecule has 2 aromatic rings. The van der Waals surface area contributed by atoms with Crippen LogP contribution in [0.2, 0.25) is 0 Å². The lowest BCUT2D eigenvalue weighted by Crippen LogP contribution is -2.40. The Kier molecular flexibility index (Phi) is 7.20. The first-order valence-corrected chi connectivity index (χ1v) is 11.3. The van der Waals surface area contributed by atoms with E-state index in [1.807, 2.05) is 11.9 Å². The Morgan fingerprint density at radius 1 is 1.14 bits per heavy atom. The number of benzene rings is 1. The van der Waals surface area contributed by atoms with E-state index in [0.29, 0.717) is 50.6 Å². The van der Waals surface area contributed by atoms with E-state index in [9.17, 15) is 14.4 Å². The van der Waals surface area contributed by atoms with Gasteiger partial charge in [0, 0.05) is 44.5 Å². The van der Waals surface area contributed by atoms with Gasteiger partial charge in [-0.25, -0.2) is 0 Å². The number of primary amides is 1. The molecule has 12 nitrogen and oxygen atoms in total. The van der Waals surface area contributed by atoms with Crippen LogP contribution in [0.4, 0.5) is 17.5 Å². The number of likely N-dealkylation sites (N-methyl/N-ethyl adjacent to an activating group) is 1. The second-order valence-electron chi connectivity index (χ2n) is 8.32. The van der Waals surface area contributed by atoms with Crippen LogP contribution in [0.1, 0.15) is 27.3 Å². The summed E-state index contributed by atoms with van der Waals surface area (Å²) in [5, 5.41) is 11.1. The number of nitrogens with zero attached hydrogens (tertiary/aromatic N) is 6. The molecule has 0 spiro atoms. The molecule has 3 amide bonds. The van der Waals surface area contributed by atoms with Crippen LogP contribution in [0.3, 0.4) is 0 Å². The fourth-order valence-electron chi connectivity index (χ4n) is 4.05. The molecule has 12 heteroatoms. The molecule has 2 aliphatic heterocycles. The molecule has 0 saturated carbocycles. The zero-order valence-electron chi connectivity index (χ0n) is 19.5. The van der Waals surface area contributed by atoms with Gasteiger partial charge in [0.1, 0.15) is 0 Å². The maximum atomic E-state index is 12.7. The highest BCUT2D eigenvalue weighted by Crippen LogP contribution is 2.23. The first-order valence-electron chi connectivity index (χ1n) is 11.3. The summed E-state index contributed by atoms with van der Waals surface area (Å²) in [6.07, 6.45) is 2.03. The summed E-state index contributed by atoms with van der Waals surface area (Å²) in [4.78, 5) is 46.3. The van der Waals surface area contributed by atoms with Crippen LogP contribution in [0, 0.1) is 0 Å². The second kappa shape index (κ2) is 10.5. The van der Waals surface area contributed by atoms with Crippen molar-refractivity contribution in [2.24, 2.45) is 5.73 Å². The number of nitrogens with one attached hydrogen (secondary N) is 1. The lowest BCUT2D eigenvalue weighted by atomic mass is 10.1. The number of nitrogens with two attached hydrogens (primary N) is 1. The van der Waals surface area contributed by atoms with E-state index >= 15 is 0 Å². The van der Waals surface area contributed by atoms with Crippen molar-refractivity contribution in [3.63, 3.8) is 0 Å². The first-order chi connectivity index (χ1) is 16.9. The van der Waals surface area contributed by atoms with E-state index in [-0.39, 0.29) is 35.3 Å². The summed E-state index contributed by atoms with van der Waals surface area (Å²) in [6.45, 7) is 6.82. The van der Waals surface area contributed by atoms with Crippen molar-refractivity contribution in [3.8, 4) is 0 Å². The Morgan fingerprint density at radius 3 is 2.51 bits per heavy atom. The lowest BCUT2D eigenvalue weighted by Gasteiger charge is -2.27. The average Bonchev–Trinajstić information content (AvgIpc) is 3.38. The molecule has 1 atom stereocenters. The molecule has 2 saturated heterocycles. The standard InChI is InChI=1S/C23H28N8O4/c1-3-18(32)31-9-8-17(14-31)29(2)23-26-21(19(20(24)33)27-28-23)25-16-6-4-15(5-7-16)22(34)30-10-12-35-13-11-30/h3-7,17H,1,8-14H2,2H3,(H2,24,33)(H,25,26,28)/t17-/m1/s1. The van der Waals surface area contributed by atoms with Crippen molar-refractivity contribution >= 4 is 35.2 Å². The number of morpholine rings is 1. The molecular formula is C23H28N8O4. The number of hydrogen-bond acceptors (Lipinski definition) is 9. The normalized spacial score (nSPS) is 17.7. The van der Waals surface area contributed by atoms with Crippen LogP contribution in [0.5, 0.6) is 0 Å². The van der Waals surface area contributed by atoms with Gasteiger partial charge in [0.25, 0.3) is 11.8 Å². The molecule has 3 N–H and O–H groups in total. The molecule has 184 valence electrons. The third-order valence-corrected chi connectivity index (χ3v) is 6.11. The van der Waals surface area contributed by atoms with Crippen LogP contribution < -0.4 is 16.0 Å². The van der Waals surface area contributed by atoms with E-state index in [2.05, 4.69) is 27.1 Å². The van der Waals surface area contributed by atoms with Crippen molar-refractivity contribution in [2.45, 2.75) is 12.5 Å². The maximum absolute atomic E-state index is 12.7. The molecule has 0 bridgehead atoms. The van der Waals surface area contributed by atoms with E-state index in [0.717, 1.165) is 6.42 Å². The lowest BCUT2D eigenvalue weighted by molar-refractivity contribution is -0.125. The van der Waals surface area contributed by atoms with Crippen LogP contribution in [-0.2, 0) is 9.53 Å². The molecule has 4 rings (SSSR count). The van der Waals surface area contributed by atoms with Crippen LogP contribution in [0.25, 0.3) is 0 Å². The monoisotopic (exact) mass is 480 g/mol. The van der Waals surface area contributed by atoms with E-state index in [4.69, 9.17) is 10.5 Å². The van der Waals surface area contributed by atoms with Gasteiger partial charge in [-0.2, -0.15) is 4.98 Å². The zero-order chi connectivity index (χ0) is 24.9. The van der Waals surface area contributed by atoms with Gasteiger partial charge in [-0.05, 0) is 36.8 Å². The predicted molar refractivity (Wildman–Crippen MR) is 128 cm³/mol. The zero-order valence-corrected chi connectivity index (χ0v) is 19.5. The molecular weight excluding hydrogens is 452 g/mol. The van der Waals surface area contributed by atoms with Crippen molar-refractivity contribution in [1.82, 2.24) is 25.0 Å². The van der Waals surface area contributed by atoms with Crippen molar-refractivity contribution in [2.75, 3.05) is 56.7 Å². The molecule has 35 heavy (non-hydrogen) atoms. The Morgan fingerprint density at radius 2 is 1.86 bits per heavy atom. The smallest absolute Gasteiger partial charge is 0.273 e. The number of hydrogen-bond donors (Lipinski definition) is 2. The summed E-state index contributed by atoms with van der Waals surface area (Å²) < 4.78 is 5.30. The molecule has 1 aromatic heterocycles. The van der Waals surface area contributed by atoms with Gasteiger partial charge < -0.3 is 30.5 Å². The second-order valence-corrected chi connectivity index (χ2v) is 8.32. The van der Waals surface area contributed by atoms with Gasteiger partial charge in [0.05, 0.1) is 19.3 Å². The first kappa shape index (κ1) is 24.1. The summed E-state index contributed by atoms with van der Waals surface area (Å²) in [6, 6.07) is 6.84. The quantitative estimate of drug-likeness (QED) is 0.538. The minimum atomic E-state index is -0.774. The fraction of sp³-hybridized carbons (Fsp3) is 0.391. The number of rotatable bonds is 7. The van der Waals surface area contributed by atoms with Crippen molar-refractivity contribution < 1.29 is 19.1 Å². The minimum Gasteiger partial charge on any atom is -0.378 e. The highest BCUT2D eigenvalue weighted by Gasteiger charge is 2.30. The van der Waals surface area contributed by atoms with E-state index < -0.39 is 5.91 Å². The average molecular weight is 481 g/mol. The molecule has 2 aliphatic rings. The SMILES string of the molecule is C=CC(=O)N1CC[C@@H](N(C)c2nnc(C(N)=O)c(Nc3ccc(C(=O)N4CCOCC4)cc3)n2)C1. The number of likely N-dealkylation sites (tertiary alicyclic amines) is 1. The van der Waals surface area contributed by atoms with Gasteiger partial charge >= 0.3 is 0 Å². The third kappa shape index (κ3) is 5.38. The Balaban J connectivity index is 1.50. The van der Waals surface area contributed by atoms with Gasteiger partial charge in [-0.15, -0.1) is 10.2 Å². The highest BCUT2D eigenvalue weighted by molar-refractivity contribution is 5.97. The minimum absolute atomic E-state index is 0.0153. The largest absolute Gasteiger partial charge is 0.378 e. The maximum Gasteiger partial charge on any atom is 0.273 e. The Hall–Kier alpha value is -4.06. The topological polar surface area (TPSA) is 147 Å². The van der Waals surface area contributed by atoms with E-state index in [1.54, 1.807) is 34.1 Å². The molecule has 3 heterocycles. The number of carbonyl (C=O) groups excluding carboxylic acids is 3. The van der Waals surface area contributed by atoms with Gasteiger partial charge in [0.15, 0.2) is 11.5 Å². The molecule has 0 radical (unpaired) electrons. The highest BCUT2D eigenvalue weighted by atomic mass is 16.5. The molecule has 1 aromatic carbocycles. The van der Waals surface area contributed by atoms with Crippen LogP contribution >= 0.6 is 0 Å². The third-order valence-electron chi connectivity index (χ3n) is 6.11. The predicted octanol–water partition coefficient (Wildman–Crippen LogP) is 0.410. The van der Waals surface area contributed by atoms with E-state index in [1.165, 1.54) is 6.08 Å². The number of carbonyl (C=O) groups is 3. The Labute approximate surface area is 202 Å². The number of ether oxygens (including phenoxy) is 1. The van der Waals surface area contributed by atoms with Gasteiger partial charge in [0.2, 0.25) is 11.9 Å². The summed E-state index contributed by atoms with van der Waals surface area (Å²) in [5.74, 6) is -0.523. The Bertz CT molecular complexity index is 1120. The van der Waals surface area contributed by atoms with Gasteiger partial charge in [-0.1, -0.05) is 6.58 Å².